The number of nitrogens with one attached hydrogen (secondary N) is 1. The predicted molar refractivity (Wildman–Crippen MR) is 132 cm³/mol. The topological polar surface area (TPSA) is 94.3 Å². The van der Waals surface area contributed by atoms with Crippen LogP contribution in [0.2, 0.25) is 0 Å². The van der Waals surface area contributed by atoms with Gasteiger partial charge in [-0.3, -0.25) is 24.8 Å². The summed E-state index contributed by atoms with van der Waals surface area (Å²) >= 11 is 0. The highest BCUT2D eigenvalue weighted by atomic mass is 127. The van der Waals surface area contributed by atoms with E-state index in [1.807, 2.05) is 11.0 Å². The lowest BCUT2D eigenvalue weighted by atomic mass is 10.2. The summed E-state index contributed by atoms with van der Waals surface area (Å²) < 4.78 is 0. The zero-order chi connectivity index (χ0) is 21.3. The number of carbonyl (C=O) groups excluding carboxylic acids is 1. The van der Waals surface area contributed by atoms with Gasteiger partial charge in [0.2, 0.25) is 5.91 Å². The third-order valence-electron chi connectivity index (χ3n) is 5.77. The number of piperazine rings is 1. The number of aliphatic imine (C=N–C) groups is 1. The van der Waals surface area contributed by atoms with Crippen LogP contribution >= 0.6 is 24.0 Å². The van der Waals surface area contributed by atoms with Gasteiger partial charge in [-0.05, 0) is 18.4 Å². The smallest absolute Gasteiger partial charge is 0.269 e. The SMILES string of the molecule is CN=C(NCc1cccc([N+](=O)[O-])c1)N1CCN(CC(=O)N2CCCCCC2)CC1.I. The summed E-state index contributed by atoms with van der Waals surface area (Å²) in [6.07, 6.45) is 4.69. The Hall–Kier alpha value is -1.95. The number of rotatable bonds is 5. The first-order chi connectivity index (χ1) is 14.6. The molecule has 2 saturated heterocycles. The van der Waals surface area contributed by atoms with Gasteiger partial charge in [0.15, 0.2) is 5.96 Å². The van der Waals surface area contributed by atoms with E-state index in [4.69, 9.17) is 0 Å². The molecule has 2 aliphatic heterocycles. The van der Waals surface area contributed by atoms with Gasteiger partial charge in [-0.25, -0.2) is 0 Å². The average molecular weight is 544 g/mol. The number of halogens is 1. The van der Waals surface area contributed by atoms with Gasteiger partial charge in [-0.15, -0.1) is 24.0 Å². The van der Waals surface area contributed by atoms with Gasteiger partial charge in [0, 0.05) is 65.0 Å². The maximum atomic E-state index is 12.6. The number of nitrogens with zero attached hydrogens (tertiary/aromatic N) is 5. The minimum absolute atomic E-state index is 0. The average Bonchev–Trinajstić information content (AvgIpc) is 3.05. The van der Waals surface area contributed by atoms with Crippen molar-refractivity contribution in [2.24, 2.45) is 4.99 Å². The zero-order valence-corrected chi connectivity index (χ0v) is 20.5. The van der Waals surface area contributed by atoms with Crippen molar-refractivity contribution in [1.82, 2.24) is 20.0 Å². The Labute approximate surface area is 201 Å². The predicted octanol–water partition coefficient (Wildman–Crippen LogP) is 2.31. The molecule has 172 valence electrons. The van der Waals surface area contributed by atoms with E-state index < -0.39 is 0 Å². The number of guanidine groups is 1. The van der Waals surface area contributed by atoms with Crippen molar-refractivity contribution in [3.8, 4) is 0 Å². The number of hydrogen-bond donors (Lipinski definition) is 1. The van der Waals surface area contributed by atoms with E-state index >= 15 is 0 Å². The molecule has 0 spiro atoms. The Morgan fingerprint density at radius 2 is 1.74 bits per heavy atom. The molecule has 2 fully saturated rings. The maximum Gasteiger partial charge on any atom is 0.269 e. The fraction of sp³-hybridized carbons (Fsp3) is 0.619. The van der Waals surface area contributed by atoms with Crippen molar-refractivity contribution >= 4 is 41.5 Å². The second-order valence-electron chi connectivity index (χ2n) is 7.89. The number of nitro benzene ring substituents is 1. The van der Waals surface area contributed by atoms with Gasteiger partial charge >= 0.3 is 0 Å². The van der Waals surface area contributed by atoms with Gasteiger partial charge < -0.3 is 15.1 Å². The van der Waals surface area contributed by atoms with E-state index in [1.165, 1.54) is 18.9 Å². The van der Waals surface area contributed by atoms with Gasteiger partial charge in [-0.2, -0.15) is 0 Å². The van der Waals surface area contributed by atoms with E-state index in [1.54, 1.807) is 19.2 Å². The van der Waals surface area contributed by atoms with E-state index in [0.29, 0.717) is 13.1 Å². The molecule has 0 bridgehead atoms. The van der Waals surface area contributed by atoms with E-state index in [0.717, 1.165) is 63.6 Å². The lowest BCUT2D eigenvalue weighted by Gasteiger charge is -2.37. The minimum atomic E-state index is -0.384. The normalized spacial score (nSPS) is 18.2. The highest BCUT2D eigenvalue weighted by Gasteiger charge is 2.23. The number of amides is 1. The van der Waals surface area contributed by atoms with Gasteiger partial charge in [0.25, 0.3) is 5.69 Å². The quantitative estimate of drug-likeness (QED) is 0.201. The second-order valence-corrected chi connectivity index (χ2v) is 7.89. The van der Waals surface area contributed by atoms with Gasteiger partial charge in [0.05, 0.1) is 11.5 Å². The van der Waals surface area contributed by atoms with E-state index in [9.17, 15) is 14.9 Å². The Morgan fingerprint density at radius 1 is 1.06 bits per heavy atom. The molecule has 0 aliphatic carbocycles. The summed E-state index contributed by atoms with van der Waals surface area (Å²) in [5.41, 5.74) is 0.930. The van der Waals surface area contributed by atoms with Crippen LogP contribution in [-0.2, 0) is 11.3 Å². The highest BCUT2D eigenvalue weighted by Crippen LogP contribution is 2.13. The third-order valence-corrected chi connectivity index (χ3v) is 5.77. The Balaban J connectivity index is 0.00000341. The molecule has 0 unspecified atom stereocenters. The second kappa shape index (κ2) is 12.8. The maximum absolute atomic E-state index is 12.6. The van der Waals surface area contributed by atoms with Crippen LogP contribution in [0.25, 0.3) is 0 Å². The van der Waals surface area contributed by atoms with E-state index in [-0.39, 0.29) is 40.5 Å². The monoisotopic (exact) mass is 544 g/mol. The van der Waals surface area contributed by atoms with Crippen molar-refractivity contribution in [2.45, 2.75) is 32.2 Å². The summed E-state index contributed by atoms with van der Waals surface area (Å²) in [7, 11) is 1.74. The summed E-state index contributed by atoms with van der Waals surface area (Å²) in [5.74, 6) is 1.03. The summed E-state index contributed by atoms with van der Waals surface area (Å²) in [6.45, 7) is 5.98. The molecule has 0 saturated carbocycles. The van der Waals surface area contributed by atoms with Crippen LogP contribution < -0.4 is 5.32 Å². The van der Waals surface area contributed by atoms with Gasteiger partial charge in [0.1, 0.15) is 0 Å². The first kappa shape index (κ1) is 25.3. The van der Waals surface area contributed by atoms with Crippen LogP contribution in [-0.4, -0.2) is 84.4 Å². The fourth-order valence-electron chi connectivity index (χ4n) is 4.02. The number of hydrogen-bond acceptors (Lipinski definition) is 5. The molecule has 1 aromatic carbocycles. The van der Waals surface area contributed by atoms with Crippen LogP contribution in [0.3, 0.4) is 0 Å². The Bertz CT molecular complexity index is 759. The number of benzene rings is 1. The first-order valence-corrected chi connectivity index (χ1v) is 10.8. The standard InChI is InChI=1S/C21H32N6O3.HI/c1-22-21(23-16-18-7-6-8-19(15-18)27(29)30)26-13-11-24(12-14-26)17-20(28)25-9-4-2-3-5-10-25;/h6-8,15H,2-5,9-14,16-17H2,1H3,(H,22,23);1H. The minimum Gasteiger partial charge on any atom is -0.352 e. The van der Waals surface area contributed by atoms with Crippen LogP contribution in [0.4, 0.5) is 5.69 Å². The van der Waals surface area contributed by atoms with Crippen molar-refractivity contribution in [3.63, 3.8) is 0 Å². The highest BCUT2D eigenvalue weighted by molar-refractivity contribution is 14.0. The van der Waals surface area contributed by atoms with Crippen LogP contribution in [0.1, 0.15) is 31.2 Å². The van der Waals surface area contributed by atoms with Crippen molar-refractivity contribution in [3.05, 3.63) is 39.9 Å². The van der Waals surface area contributed by atoms with Gasteiger partial charge in [-0.1, -0.05) is 25.0 Å². The number of non-ortho nitro benzene ring substituents is 1. The Morgan fingerprint density at radius 3 is 2.35 bits per heavy atom. The molecule has 10 heteroatoms. The molecule has 31 heavy (non-hydrogen) atoms. The van der Waals surface area contributed by atoms with Crippen LogP contribution in [0.15, 0.2) is 29.3 Å². The molecule has 0 aromatic heterocycles. The molecule has 9 nitrogen and oxygen atoms in total. The molecule has 0 atom stereocenters. The summed E-state index contributed by atoms with van der Waals surface area (Å²) in [6, 6.07) is 6.62. The van der Waals surface area contributed by atoms with E-state index in [2.05, 4.69) is 20.1 Å². The summed E-state index contributed by atoms with van der Waals surface area (Å²) in [5, 5.41) is 14.2. The van der Waals surface area contributed by atoms with Crippen LogP contribution in [0, 0.1) is 10.1 Å². The zero-order valence-electron chi connectivity index (χ0n) is 18.2. The molecular weight excluding hydrogens is 511 g/mol. The lowest BCUT2D eigenvalue weighted by molar-refractivity contribution is -0.384. The van der Waals surface area contributed by atoms with Crippen molar-refractivity contribution in [2.75, 3.05) is 52.9 Å². The molecule has 0 radical (unpaired) electrons. The molecule has 2 aliphatic rings. The number of carbonyl (C=O) groups is 1. The van der Waals surface area contributed by atoms with Crippen molar-refractivity contribution in [1.29, 1.82) is 0 Å². The molecule has 1 aromatic rings. The third kappa shape index (κ3) is 7.60. The lowest BCUT2D eigenvalue weighted by Crippen LogP contribution is -2.54. The molecule has 2 heterocycles. The van der Waals surface area contributed by atoms with Crippen LogP contribution in [0.5, 0.6) is 0 Å². The summed E-state index contributed by atoms with van der Waals surface area (Å²) in [4.78, 5) is 33.9. The molecule has 3 rings (SSSR count). The molecular formula is C21H33IN6O3. The fourth-order valence-corrected chi connectivity index (χ4v) is 4.02. The van der Waals surface area contributed by atoms with Crippen molar-refractivity contribution < 1.29 is 9.72 Å². The number of nitro groups is 1. The molecule has 1 N–H and O–H groups in total. The molecule has 1 amide bonds. The largest absolute Gasteiger partial charge is 0.352 e. The number of likely N-dealkylation sites (tertiary alicyclic amines) is 1. The Kier molecular flexibility index (Phi) is 10.4. The first-order valence-electron chi connectivity index (χ1n) is 10.8.